The van der Waals surface area contributed by atoms with E-state index in [4.69, 9.17) is 32.7 Å². The van der Waals surface area contributed by atoms with Crippen molar-refractivity contribution in [3.8, 4) is 23.6 Å². The van der Waals surface area contributed by atoms with Crippen LogP contribution in [0.25, 0.3) is 24.3 Å². The van der Waals surface area contributed by atoms with Crippen molar-refractivity contribution in [3.63, 3.8) is 0 Å². The summed E-state index contributed by atoms with van der Waals surface area (Å²) >= 11 is 13.9. The van der Waals surface area contributed by atoms with E-state index in [-0.39, 0.29) is 21.1 Å². The van der Waals surface area contributed by atoms with Crippen molar-refractivity contribution < 1.29 is 19.1 Å². The van der Waals surface area contributed by atoms with Crippen molar-refractivity contribution in [3.05, 3.63) is 139 Å². The van der Waals surface area contributed by atoms with Gasteiger partial charge in [0, 0.05) is 11.1 Å². The summed E-state index contributed by atoms with van der Waals surface area (Å²) in [4.78, 5) is 26.6. The number of hydrogen-bond donors (Lipinski definition) is 2. The zero-order valence-corrected chi connectivity index (χ0v) is 38.3. The van der Waals surface area contributed by atoms with E-state index in [0.29, 0.717) is 45.9 Å². The quantitative estimate of drug-likeness (QED) is 0.0469. The maximum absolute atomic E-state index is 13.3. The average Bonchev–Trinajstić information content (AvgIpc) is 3.63. The molecule has 0 atom stereocenters. The number of rotatable bonds is 24. The molecule has 1 aromatic heterocycles. The van der Waals surface area contributed by atoms with Crippen LogP contribution in [-0.2, 0) is 0 Å². The molecule has 1 heterocycles. The number of anilines is 2. The lowest BCUT2D eigenvalue weighted by molar-refractivity contribution is 0.101. The molecule has 63 heavy (non-hydrogen) atoms. The number of benzene rings is 4. The van der Waals surface area contributed by atoms with Crippen molar-refractivity contribution in [2.75, 3.05) is 23.8 Å². The van der Waals surface area contributed by atoms with Gasteiger partial charge in [-0.1, -0.05) is 173 Å². The normalized spacial score (nSPS) is 11.1. The van der Waals surface area contributed by atoms with Crippen LogP contribution in [-0.4, -0.2) is 25.0 Å². The van der Waals surface area contributed by atoms with Gasteiger partial charge in [0.15, 0.2) is 0 Å². The topological polar surface area (TPSA) is 124 Å². The van der Waals surface area contributed by atoms with Gasteiger partial charge in [-0.2, -0.15) is 10.5 Å². The summed E-state index contributed by atoms with van der Waals surface area (Å²) < 4.78 is 11.8. The monoisotopic (exact) mass is 900 g/mol. The standard InChI is InChI=1S/C52H54Cl2N4O4S/c1-3-5-7-9-11-13-31-61-47-29-23-39(33-45(47)53)17-15-37-19-25-41(26-20-37)49(59)57-51-43(35-55)44(36-56)52(63-51)58-50(60)42-27-21-38(22-28-42)16-18-40-24-30-48(46(54)34-40)62-32-14-12-10-8-6-4-2/h15-30,33-34H,3-14,31-32H2,1-2H3,(H,57,59)(H,58,60)/b17-15+,18-16+. The van der Waals surface area contributed by atoms with Crippen LogP contribution in [0.4, 0.5) is 10.0 Å². The number of carbonyl (C=O) groups is 2. The lowest BCUT2D eigenvalue weighted by atomic mass is 10.1. The Morgan fingerprint density at radius 3 is 1.25 bits per heavy atom. The highest BCUT2D eigenvalue weighted by molar-refractivity contribution is 7.21. The van der Waals surface area contributed by atoms with E-state index in [1.807, 2.05) is 72.8 Å². The minimum absolute atomic E-state index is 0.0267. The van der Waals surface area contributed by atoms with Crippen LogP contribution in [0.15, 0.2) is 84.9 Å². The first kappa shape index (κ1) is 48.2. The average molecular weight is 902 g/mol. The third-order valence-corrected chi connectivity index (χ3v) is 11.9. The Hall–Kier alpha value is -5.84. The highest BCUT2D eigenvalue weighted by Gasteiger charge is 2.22. The molecule has 4 aromatic carbocycles. The summed E-state index contributed by atoms with van der Waals surface area (Å²) in [6, 6.07) is 29.3. The SMILES string of the molecule is CCCCCCCCOc1ccc(/C=C/c2ccc(C(=O)Nc3sc(NC(=O)c4ccc(/C=C/c5ccc(OCCCCCCCC)c(Cl)c5)cc4)c(C#N)c3C#N)cc2)cc1Cl. The molecular formula is C52H54Cl2N4O4S. The van der Waals surface area contributed by atoms with E-state index in [0.717, 1.165) is 59.3 Å². The molecule has 0 aliphatic carbocycles. The molecule has 0 fully saturated rings. The fourth-order valence-corrected chi connectivity index (χ4v) is 8.13. The van der Waals surface area contributed by atoms with Crippen LogP contribution in [0.2, 0.25) is 10.0 Å². The van der Waals surface area contributed by atoms with Gasteiger partial charge in [0.1, 0.15) is 44.8 Å². The number of carbonyl (C=O) groups excluding carboxylic acids is 2. The number of nitrogens with one attached hydrogen (secondary N) is 2. The summed E-state index contributed by atoms with van der Waals surface area (Å²) in [5.74, 6) is 0.409. The van der Waals surface area contributed by atoms with Crippen molar-refractivity contribution in [1.29, 1.82) is 10.5 Å². The number of amides is 2. The molecule has 0 saturated heterocycles. The second-order valence-electron chi connectivity index (χ2n) is 15.2. The second kappa shape index (κ2) is 25.9. The molecule has 0 bridgehead atoms. The number of unbranched alkanes of at least 4 members (excludes halogenated alkanes) is 10. The largest absolute Gasteiger partial charge is 0.492 e. The van der Waals surface area contributed by atoms with Crippen molar-refractivity contribution in [2.24, 2.45) is 0 Å². The zero-order valence-electron chi connectivity index (χ0n) is 36.0. The minimum Gasteiger partial charge on any atom is -0.492 e. The molecule has 5 aromatic rings. The molecule has 326 valence electrons. The predicted octanol–water partition coefficient (Wildman–Crippen LogP) is 15.1. The molecule has 0 aliphatic heterocycles. The number of ether oxygens (including phenoxy) is 2. The van der Waals surface area contributed by atoms with Gasteiger partial charge < -0.3 is 20.1 Å². The molecule has 0 unspecified atom stereocenters. The Morgan fingerprint density at radius 2 is 0.889 bits per heavy atom. The zero-order chi connectivity index (χ0) is 44.8. The Bertz CT molecular complexity index is 2260. The molecular weight excluding hydrogens is 848 g/mol. The second-order valence-corrected chi connectivity index (χ2v) is 17.0. The predicted molar refractivity (Wildman–Crippen MR) is 261 cm³/mol. The molecule has 8 nitrogen and oxygen atoms in total. The van der Waals surface area contributed by atoms with Crippen LogP contribution in [0.3, 0.4) is 0 Å². The first-order chi connectivity index (χ1) is 30.7. The Balaban J connectivity index is 1.13. The van der Waals surface area contributed by atoms with Gasteiger partial charge in [-0.05, 0) is 83.6 Å². The van der Waals surface area contributed by atoms with Gasteiger partial charge in [0.05, 0.1) is 23.3 Å². The number of nitriles is 2. The molecule has 11 heteroatoms. The Kier molecular flexibility index (Phi) is 19.8. The van der Waals surface area contributed by atoms with Crippen LogP contribution in [0.1, 0.15) is 145 Å². The first-order valence-corrected chi connectivity index (χ1v) is 23.3. The van der Waals surface area contributed by atoms with Crippen molar-refractivity contribution in [1.82, 2.24) is 0 Å². The molecule has 2 amide bonds. The van der Waals surface area contributed by atoms with Gasteiger partial charge in [0.2, 0.25) is 0 Å². The summed E-state index contributed by atoms with van der Waals surface area (Å²) in [7, 11) is 0. The van der Waals surface area contributed by atoms with E-state index < -0.39 is 11.8 Å². The number of hydrogen-bond acceptors (Lipinski definition) is 7. The maximum atomic E-state index is 13.3. The van der Waals surface area contributed by atoms with Gasteiger partial charge in [0.25, 0.3) is 11.8 Å². The van der Waals surface area contributed by atoms with Crippen LogP contribution in [0.5, 0.6) is 11.5 Å². The van der Waals surface area contributed by atoms with Crippen molar-refractivity contribution in [2.45, 2.75) is 90.9 Å². The molecule has 5 rings (SSSR count). The first-order valence-electron chi connectivity index (χ1n) is 21.7. The van der Waals surface area contributed by atoms with Crippen LogP contribution >= 0.6 is 34.5 Å². The van der Waals surface area contributed by atoms with Gasteiger partial charge in [-0.15, -0.1) is 0 Å². The van der Waals surface area contributed by atoms with Crippen LogP contribution < -0.4 is 20.1 Å². The van der Waals surface area contributed by atoms with Crippen LogP contribution in [0, 0.1) is 22.7 Å². The molecule has 0 radical (unpaired) electrons. The third-order valence-electron chi connectivity index (χ3n) is 10.3. The van der Waals surface area contributed by atoms with Gasteiger partial charge >= 0.3 is 0 Å². The van der Waals surface area contributed by atoms with Crippen molar-refractivity contribution >= 4 is 80.7 Å². The number of halogens is 2. The highest BCUT2D eigenvalue weighted by atomic mass is 35.5. The molecule has 2 N–H and O–H groups in total. The molecule has 0 saturated carbocycles. The number of nitrogens with zero attached hydrogens (tertiary/aromatic N) is 2. The molecule has 0 spiro atoms. The van der Waals surface area contributed by atoms with Gasteiger partial charge in [-0.25, -0.2) is 0 Å². The minimum atomic E-state index is -0.465. The number of thiophene rings is 1. The van der Waals surface area contributed by atoms with E-state index in [1.54, 1.807) is 48.5 Å². The lowest BCUT2D eigenvalue weighted by Gasteiger charge is -2.08. The Labute approximate surface area is 386 Å². The van der Waals surface area contributed by atoms with E-state index in [1.165, 1.54) is 51.4 Å². The summed E-state index contributed by atoms with van der Waals surface area (Å²) in [5.41, 5.74) is 4.19. The van der Waals surface area contributed by atoms with Gasteiger partial charge in [-0.3, -0.25) is 9.59 Å². The highest BCUT2D eigenvalue weighted by Crippen LogP contribution is 2.37. The van der Waals surface area contributed by atoms with E-state index in [2.05, 4.69) is 24.5 Å². The fraction of sp³-hybridized carbons (Fsp3) is 0.308. The maximum Gasteiger partial charge on any atom is 0.256 e. The summed E-state index contributed by atoms with van der Waals surface area (Å²) in [6.07, 6.45) is 22.0. The Morgan fingerprint density at radius 1 is 0.540 bits per heavy atom. The van der Waals surface area contributed by atoms with E-state index in [9.17, 15) is 20.1 Å². The molecule has 0 aliphatic rings. The lowest BCUT2D eigenvalue weighted by Crippen LogP contribution is -2.11. The smallest absolute Gasteiger partial charge is 0.256 e. The summed E-state index contributed by atoms with van der Waals surface area (Å²) in [6.45, 7) is 5.70. The third kappa shape index (κ3) is 15.2. The fourth-order valence-electron chi connectivity index (χ4n) is 6.65. The summed E-state index contributed by atoms with van der Waals surface area (Å²) in [5, 5.41) is 26.8. The van der Waals surface area contributed by atoms with E-state index >= 15 is 0 Å².